The van der Waals surface area contributed by atoms with Crippen molar-refractivity contribution >= 4 is 29.1 Å². The van der Waals surface area contributed by atoms with E-state index in [9.17, 15) is 24.5 Å². The number of nitrogens with one attached hydrogen (secondary N) is 3. The number of fused-ring (bicyclic) bond motifs is 1. The molecule has 0 atom stereocenters. The van der Waals surface area contributed by atoms with Gasteiger partial charge in [0.2, 0.25) is 0 Å². The number of carbonyl (C=O) groups is 3. The Labute approximate surface area is 240 Å². The van der Waals surface area contributed by atoms with E-state index < -0.39 is 28.3 Å². The summed E-state index contributed by atoms with van der Waals surface area (Å²) in [5, 5.41) is 15.7. The number of hydrogen-bond acceptors (Lipinski definition) is 7. The minimum absolute atomic E-state index is 0.0322. The van der Waals surface area contributed by atoms with Gasteiger partial charge >= 0.3 is 5.91 Å². The fraction of sp³-hybridized carbons (Fsp3) is 0.161. The zero-order valence-corrected chi connectivity index (χ0v) is 22.6. The summed E-state index contributed by atoms with van der Waals surface area (Å²) in [6.07, 6.45) is 1.82. The first-order valence-corrected chi connectivity index (χ1v) is 13.3. The van der Waals surface area contributed by atoms with Crippen LogP contribution in [0.2, 0.25) is 0 Å². The molecule has 1 aromatic heterocycles. The highest BCUT2D eigenvalue weighted by Gasteiger charge is 2.29. The van der Waals surface area contributed by atoms with Gasteiger partial charge in [0.05, 0.1) is 16.6 Å². The lowest BCUT2D eigenvalue weighted by atomic mass is 9.90. The van der Waals surface area contributed by atoms with E-state index in [1.165, 1.54) is 24.3 Å². The van der Waals surface area contributed by atoms with Crippen molar-refractivity contribution in [2.75, 3.05) is 0 Å². The van der Waals surface area contributed by atoms with Gasteiger partial charge in [0.1, 0.15) is 11.3 Å². The van der Waals surface area contributed by atoms with Gasteiger partial charge < -0.3 is 4.42 Å². The van der Waals surface area contributed by atoms with Gasteiger partial charge in [-0.2, -0.15) is 5.10 Å². The van der Waals surface area contributed by atoms with Crippen LogP contribution in [0.4, 0.5) is 5.69 Å². The summed E-state index contributed by atoms with van der Waals surface area (Å²) in [6.45, 7) is 1.69. The van der Waals surface area contributed by atoms with Crippen LogP contribution in [0.25, 0.3) is 0 Å². The Morgan fingerprint density at radius 2 is 1.45 bits per heavy atom. The number of hydrogen-bond donors (Lipinski definition) is 3. The van der Waals surface area contributed by atoms with Crippen LogP contribution in [-0.2, 0) is 11.2 Å². The highest BCUT2D eigenvalue weighted by Crippen LogP contribution is 2.30. The predicted molar refractivity (Wildman–Crippen MR) is 154 cm³/mol. The molecule has 3 amide bonds. The summed E-state index contributed by atoms with van der Waals surface area (Å²) in [5.41, 5.74) is 9.96. The summed E-state index contributed by atoms with van der Waals surface area (Å²) in [4.78, 5) is 49.5. The summed E-state index contributed by atoms with van der Waals surface area (Å²) in [6, 6.07) is 24.3. The quantitative estimate of drug-likeness (QED) is 0.220. The Morgan fingerprint density at radius 3 is 2.10 bits per heavy atom. The smallest absolute Gasteiger partial charge is 0.305 e. The maximum atomic E-state index is 13.4. The second-order valence-corrected chi connectivity index (χ2v) is 9.68. The van der Waals surface area contributed by atoms with E-state index in [1.54, 1.807) is 6.92 Å². The maximum absolute atomic E-state index is 13.4. The van der Waals surface area contributed by atoms with Gasteiger partial charge in [0, 0.05) is 23.6 Å². The Bertz CT molecular complexity index is 1640. The molecule has 0 bridgehead atoms. The summed E-state index contributed by atoms with van der Waals surface area (Å²) < 4.78 is 5.86. The molecule has 212 valence electrons. The molecule has 0 aliphatic heterocycles. The summed E-state index contributed by atoms with van der Waals surface area (Å²) >= 11 is 0. The van der Waals surface area contributed by atoms with Gasteiger partial charge in [-0.15, -0.1) is 0 Å². The molecule has 4 aromatic rings. The molecule has 0 saturated heterocycles. The Morgan fingerprint density at radius 1 is 0.857 bits per heavy atom. The van der Waals surface area contributed by atoms with Crippen molar-refractivity contribution in [3.63, 3.8) is 0 Å². The lowest BCUT2D eigenvalue weighted by Gasteiger charge is -2.18. The van der Waals surface area contributed by atoms with E-state index in [0.717, 1.165) is 11.1 Å². The van der Waals surface area contributed by atoms with Crippen LogP contribution < -0.4 is 16.3 Å². The monoisotopic (exact) mass is 565 g/mol. The summed E-state index contributed by atoms with van der Waals surface area (Å²) in [5.74, 6) is -1.94. The van der Waals surface area contributed by atoms with Crippen molar-refractivity contribution in [1.82, 2.24) is 16.3 Å². The van der Waals surface area contributed by atoms with Crippen LogP contribution in [0, 0.1) is 17.0 Å². The van der Waals surface area contributed by atoms with E-state index in [4.69, 9.17) is 4.42 Å². The third kappa shape index (κ3) is 5.80. The second kappa shape index (κ2) is 12.3. The van der Waals surface area contributed by atoms with Crippen LogP contribution in [0.5, 0.6) is 0 Å². The highest BCUT2D eigenvalue weighted by molar-refractivity contribution is 6.07. The van der Waals surface area contributed by atoms with Crippen molar-refractivity contribution < 1.29 is 23.7 Å². The average Bonchev–Trinajstić information content (AvgIpc) is 3.36. The molecular formula is C31H27N5O6. The molecule has 0 radical (unpaired) electrons. The van der Waals surface area contributed by atoms with E-state index >= 15 is 0 Å². The molecule has 3 aromatic carbocycles. The SMILES string of the molecule is Cc1c(C(=O)NNC(=O)c2ccccc2[N+](=O)[O-])oc2c1/C(=N/NC(=O)C(c1ccccc1)c1ccccc1)CCC2. The van der Waals surface area contributed by atoms with E-state index in [1.807, 2.05) is 60.7 Å². The van der Waals surface area contributed by atoms with Crippen LogP contribution in [0.1, 0.15) is 67.7 Å². The van der Waals surface area contributed by atoms with Gasteiger partial charge in [0.15, 0.2) is 5.76 Å². The first kappa shape index (κ1) is 28.0. The summed E-state index contributed by atoms with van der Waals surface area (Å²) in [7, 11) is 0. The molecule has 0 fully saturated rings. The van der Waals surface area contributed by atoms with Gasteiger partial charge in [0.25, 0.3) is 17.5 Å². The Balaban J connectivity index is 1.34. The molecule has 1 heterocycles. The van der Waals surface area contributed by atoms with Crippen molar-refractivity contribution in [1.29, 1.82) is 0 Å². The molecular weight excluding hydrogens is 538 g/mol. The average molecular weight is 566 g/mol. The molecule has 3 N–H and O–H groups in total. The van der Waals surface area contributed by atoms with Crippen molar-refractivity contribution in [2.45, 2.75) is 32.1 Å². The van der Waals surface area contributed by atoms with Gasteiger partial charge in [-0.25, -0.2) is 5.43 Å². The number of aryl methyl sites for hydroxylation is 1. The van der Waals surface area contributed by atoms with E-state index in [-0.39, 0.29) is 17.2 Å². The van der Waals surface area contributed by atoms with Gasteiger partial charge in [-0.1, -0.05) is 72.8 Å². The standard InChI is InChI=1S/C31H27N5O6/c1-19-26-23(32-34-30(38)27(20-11-4-2-5-12-20)21-13-6-3-7-14-21)16-10-18-25(26)42-28(19)31(39)35-33-29(37)22-15-8-9-17-24(22)36(40)41/h2-9,11-15,17,27H,10,16,18H2,1H3,(H,33,37)(H,34,38)(H,35,39)/b32-23+. The molecule has 11 heteroatoms. The topological polar surface area (TPSA) is 156 Å². The molecule has 5 rings (SSSR count). The minimum atomic E-state index is -0.846. The molecule has 1 aliphatic carbocycles. The normalized spacial score (nSPS) is 13.3. The van der Waals surface area contributed by atoms with E-state index in [2.05, 4.69) is 21.4 Å². The van der Waals surface area contributed by atoms with E-state index in [0.29, 0.717) is 41.9 Å². The number of hydrazone groups is 1. The molecule has 11 nitrogen and oxygen atoms in total. The number of hydrazine groups is 1. The maximum Gasteiger partial charge on any atom is 0.305 e. The van der Waals surface area contributed by atoms with Crippen LogP contribution >= 0.6 is 0 Å². The first-order chi connectivity index (χ1) is 20.3. The fourth-order valence-electron chi connectivity index (χ4n) is 5.03. The molecule has 0 saturated carbocycles. The molecule has 0 unspecified atom stereocenters. The van der Waals surface area contributed by atoms with Crippen molar-refractivity contribution in [3.05, 3.63) is 134 Å². The number of nitrogens with zero attached hydrogens (tertiary/aromatic N) is 2. The molecule has 1 aliphatic rings. The third-order valence-corrected chi connectivity index (χ3v) is 7.00. The number of carbonyl (C=O) groups excluding carboxylic acids is 3. The number of benzene rings is 3. The largest absolute Gasteiger partial charge is 0.455 e. The Hall–Kier alpha value is -5.58. The number of para-hydroxylation sites is 1. The zero-order valence-electron chi connectivity index (χ0n) is 22.6. The lowest BCUT2D eigenvalue weighted by molar-refractivity contribution is -0.385. The number of nitro benzene ring substituents is 1. The first-order valence-electron chi connectivity index (χ1n) is 13.3. The minimum Gasteiger partial charge on any atom is -0.455 e. The van der Waals surface area contributed by atoms with Crippen molar-refractivity contribution in [2.24, 2.45) is 5.10 Å². The lowest BCUT2D eigenvalue weighted by Crippen LogP contribution is -2.42. The highest BCUT2D eigenvalue weighted by atomic mass is 16.6. The molecule has 0 spiro atoms. The zero-order chi connectivity index (χ0) is 29.6. The van der Waals surface area contributed by atoms with Crippen LogP contribution in [-0.4, -0.2) is 28.4 Å². The molecule has 42 heavy (non-hydrogen) atoms. The number of nitro groups is 1. The number of amides is 3. The van der Waals surface area contributed by atoms with Crippen molar-refractivity contribution in [3.8, 4) is 0 Å². The predicted octanol–water partition coefficient (Wildman–Crippen LogP) is 4.56. The van der Waals surface area contributed by atoms with Gasteiger partial charge in [-0.3, -0.25) is 35.3 Å². The van der Waals surface area contributed by atoms with Crippen LogP contribution in [0.3, 0.4) is 0 Å². The Kier molecular flexibility index (Phi) is 8.19. The van der Waals surface area contributed by atoms with Crippen LogP contribution in [0.15, 0.2) is 94.4 Å². The third-order valence-electron chi connectivity index (χ3n) is 7.00. The fourth-order valence-corrected chi connectivity index (χ4v) is 5.03. The van der Waals surface area contributed by atoms with Gasteiger partial charge in [-0.05, 0) is 37.0 Å². The number of furan rings is 1. The second-order valence-electron chi connectivity index (χ2n) is 9.68. The number of rotatable bonds is 7.